The van der Waals surface area contributed by atoms with Gasteiger partial charge in [0.15, 0.2) is 5.54 Å². The first-order chi connectivity index (χ1) is 28.5. The van der Waals surface area contributed by atoms with Gasteiger partial charge in [0, 0.05) is 29.8 Å². The van der Waals surface area contributed by atoms with Crippen LogP contribution in [0.25, 0.3) is 22.5 Å². The molecular formula is C51H50N6O. The molecule has 8 rings (SSSR count). The molecule has 8 aromatic rings. The summed E-state index contributed by atoms with van der Waals surface area (Å²) >= 11 is 0. The van der Waals surface area contributed by atoms with E-state index in [0.717, 1.165) is 70.4 Å². The van der Waals surface area contributed by atoms with E-state index in [2.05, 4.69) is 165 Å². The van der Waals surface area contributed by atoms with Crippen molar-refractivity contribution in [2.45, 2.75) is 65.3 Å². The summed E-state index contributed by atoms with van der Waals surface area (Å²) in [6, 6.07) is 58.9. The standard InChI is InChI=1S/C51H50N6O/c1-4-19-49-47(48(53-56(49)35-38(2)3)37-58-36-40-20-9-5-10-21-40)34-39-30-32-41(33-31-39)45-28-17-18-29-46(45)50-52-55-57(54-50)51(42-22-11-6-12-23-42,43-24-13-7-14-25-43)44-26-15-8-16-27-44/h5-18,20-33,38H,4,19,34-37H2,1-3H3. The summed E-state index contributed by atoms with van der Waals surface area (Å²) < 4.78 is 8.50. The first kappa shape index (κ1) is 38.4. The summed E-state index contributed by atoms with van der Waals surface area (Å²) in [5, 5.41) is 20.0. The predicted molar refractivity (Wildman–Crippen MR) is 232 cm³/mol. The van der Waals surface area contributed by atoms with Crippen molar-refractivity contribution in [2.75, 3.05) is 0 Å². The lowest BCUT2D eigenvalue weighted by Crippen LogP contribution is -2.39. The molecule has 0 atom stereocenters. The number of hydrogen-bond acceptors (Lipinski definition) is 5. The zero-order chi connectivity index (χ0) is 39.7. The Hall–Kier alpha value is -6.44. The Morgan fingerprint density at radius 1 is 0.586 bits per heavy atom. The van der Waals surface area contributed by atoms with Crippen molar-refractivity contribution in [1.29, 1.82) is 0 Å². The second-order valence-electron chi connectivity index (χ2n) is 15.3. The summed E-state index contributed by atoms with van der Waals surface area (Å²) in [7, 11) is 0. The molecule has 0 amide bonds. The Balaban J connectivity index is 1.12. The summed E-state index contributed by atoms with van der Waals surface area (Å²) in [6.07, 6.45) is 2.82. The van der Waals surface area contributed by atoms with Gasteiger partial charge in [0.2, 0.25) is 5.82 Å². The van der Waals surface area contributed by atoms with E-state index in [-0.39, 0.29) is 0 Å². The smallest absolute Gasteiger partial charge is 0.205 e. The lowest BCUT2D eigenvalue weighted by Gasteiger charge is -2.34. The van der Waals surface area contributed by atoms with Crippen molar-refractivity contribution in [1.82, 2.24) is 30.0 Å². The molecule has 58 heavy (non-hydrogen) atoms. The molecule has 0 radical (unpaired) electrons. The SMILES string of the molecule is CCCc1c(Cc2ccc(-c3ccccc3-c3nnn(C(c4ccccc4)(c4ccccc4)c4ccccc4)n3)cc2)c(COCc2ccccc2)nn1CC(C)C. The highest BCUT2D eigenvalue weighted by Gasteiger charge is 2.41. The third kappa shape index (κ3) is 8.04. The number of hydrogen-bond donors (Lipinski definition) is 0. The Morgan fingerprint density at radius 3 is 1.71 bits per heavy atom. The molecule has 0 spiro atoms. The van der Waals surface area contributed by atoms with Crippen LogP contribution in [0.2, 0.25) is 0 Å². The maximum Gasteiger partial charge on any atom is 0.205 e. The fourth-order valence-electron chi connectivity index (χ4n) is 8.05. The van der Waals surface area contributed by atoms with Gasteiger partial charge in [-0.05, 0) is 56.5 Å². The lowest BCUT2D eigenvalue weighted by molar-refractivity contribution is 0.103. The fourth-order valence-corrected chi connectivity index (χ4v) is 8.05. The van der Waals surface area contributed by atoms with Crippen molar-refractivity contribution >= 4 is 0 Å². The number of tetrazole rings is 1. The molecule has 0 aliphatic carbocycles. The highest BCUT2D eigenvalue weighted by molar-refractivity contribution is 5.80. The third-order valence-corrected chi connectivity index (χ3v) is 10.7. The van der Waals surface area contributed by atoms with Gasteiger partial charge in [0.25, 0.3) is 0 Å². The average Bonchev–Trinajstić information content (AvgIpc) is 3.88. The van der Waals surface area contributed by atoms with Gasteiger partial charge >= 0.3 is 0 Å². The number of rotatable bonds is 16. The molecule has 0 saturated heterocycles. The molecule has 290 valence electrons. The summed E-state index contributed by atoms with van der Waals surface area (Å²) in [6.45, 7) is 8.67. The van der Waals surface area contributed by atoms with Gasteiger partial charge in [-0.15, -0.1) is 15.0 Å². The van der Waals surface area contributed by atoms with E-state index in [1.54, 1.807) is 4.80 Å². The van der Waals surface area contributed by atoms with Crippen molar-refractivity contribution < 1.29 is 4.74 Å². The Kier molecular flexibility index (Phi) is 11.8. The second kappa shape index (κ2) is 17.8. The van der Waals surface area contributed by atoms with E-state index in [1.807, 2.05) is 30.3 Å². The molecule has 7 nitrogen and oxygen atoms in total. The van der Waals surface area contributed by atoms with Gasteiger partial charge in [0.1, 0.15) is 0 Å². The van der Waals surface area contributed by atoms with Crippen LogP contribution in [0.15, 0.2) is 170 Å². The zero-order valence-corrected chi connectivity index (χ0v) is 33.6. The lowest BCUT2D eigenvalue weighted by atomic mass is 9.77. The topological polar surface area (TPSA) is 70.7 Å². The van der Waals surface area contributed by atoms with E-state index < -0.39 is 5.54 Å². The van der Waals surface area contributed by atoms with Crippen molar-refractivity contribution in [2.24, 2.45) is 5.92 Å². The normalized spacial score (nSPS) is 11.7. The molecule has 6 aromatic carbocycles. The Labute approximate surface area is 342 Å². The molecule has 0 aliphatic rings. The van der Waals surface area contributed by atoms with Gasteiger partial charge in [-0.1, -0.05) is 197 Å². The van der Waals surface area contributed by atoms with Crippen LogP contribution >= 0.6 is 0 Å². The molecule has 2 aromatic heterocycles. The van der Waals surface area contributed by atoms with E-state index in [9.17, 15) is 0 Å². The van der Waals surface area contributed by atoms with Gasteiger partial charge in [-0.3, -0.25) is 4.68 Å². The number of benzene rings is 6. The fraction of sp³-hybridized carbons (Fsp3) is 0.216. The minimum absolute atomic E-state index is 0.477. The monoisotopic (exact) mass is 762 g/mol. The molecule has 0 fully saturated rings. The summed E-state index contributed by atoms with van der Waals surface area (Å²) in [5.41, 5.74) is 11.4. The van der Waals surface area contributed by atoms with Crippen LogP contribution in [0.3, 0.4) is 0 Å². The summed E-state index contributed by atoms with van der Waals surface area (Å²) in [5.74, 6) is 1.05. The van der Waals surface area contributed by atoms with E-state index >= 15 is 0 Å². The first-order valence-electron chi connectivity index (χ1n) is 20.4. The zero-order valence-electron chi connectivity index (χ0n) is 33.6. The molecule has 0 N–H and O–H groups in total. The highest BCUT2D eigenvalue weighted by Crippen LogP contribution is 2.40. The molecule has 2 heterocycles. The second-order valence-corrected chi connectivity index (χ2v) is 15.3. The molecule has 0 bridgehead atoms. The molecule has 0 saturated carbocycles. The van der Waals surface area contributed by atoms with Crippen molar-refractivity contribution in [3.63, 3.8) is 0 Å². The van der Waals surface area contributed by atoms with E-state index in [0.29, 0.717) is 25.0 Å². The maximum absolute atomic E-state index is 6.27. The first-order valence-corrected chi connectivity index (χ1v) is 20.4. The number of aromatic nitrogens is 6. The summed E-state index contributed by atoms with van der Waals surface area (Å²) in [4.78, 5) is 1.79. The molecular weight excluding hydrogens is 713 g/mol. The van der Waals surface area contributed by atoms with Gasteiger partial charge in [-0.2, -0.15) is 5.10 Å². The maximum atomic E-state index is 6.27. The highest BCUT2D eigenvalue weighted by atomic mass is 16.5. The van der Waals surface area contributed by atoms with Crippen LogP contribution in [-0.4, -0.2) is 30.0 Å². The van der Waals surface area contributed by atoms with Crippen LogP contribution in [0.5, 0.6) is 0 Å². The molecule has 0 unspecified atom stereocenters. The van der Waals surface area contributed by atoms with Crippen LogP contribution in [0, 0.1) is 5.92 Å². The molecule has 0 aliphatic heterocycles. The number of nitrogens with zero attached hydrogens (tertiary/aromatic N) is 6. The minimum Gasteiger partial charge on any atom is -0.370 e. The van der Waals surface area contributed by atoms with Crippen LogP contribution in [0.4, 0.5) is 0 Å². The van der Waals surface area contributed by atoms with Gasteiger partial charge in [-0.25, -0.2) is 0 Å². The van der Waals surface area contributed by atoms with E-state index in [1.165, 1.54) is 16.8 Å². The van der Waals surface area contributed by atoms with Crippen molar-refractivity contribution in [3.05, 3.63) is 215 Å². The van der Waals surface area contributed by atoms with Gasteiger partial charge in [0.05, 0.1) is 18.9 Å². The van der Waals surface area contributed by atoms with Crippen LogP contribution < -0.4 is 0 Å². The largest absolute Gasteiger partial charge is 0.370 e. The Morgan fingerprint density at radius 2 is 1.14 bits per heavy atom. The van der Waals surface area contributed by atoms with Crippen LogP contribution in [-0.2, 0) is 42.9 Å². The van der Waals surface area contributed by atoms with Crippen molar-refractivity contribution in [3.8, 4) is 22.5 Å². The minimum atomic E-state index is -0.851. The number of ether oxygens (including phenoxy) is 1. The molecule has 7 heteroatoms. The van der Waals surface area contributed by atoms with Crippen LogP contribution in [0.1, 0.15) is 72.0 Å². The Bertz CT molecular complexity index is 2410. The quantitative estimate of drug-likeness (QED) is 0.0917. The predicted octanol–water partition coefficient (Wildman–Crippen LogP) is 11.0. The van der Waals surface area contributed by atoms with E-state index in [4.69, 9.17) is 25.2 Å². The average molecular weight is 763 g/mol. The third-order valence-electron chi connectivity index (χ3n) is 10.7. The van der Waals surface area contributed by atoms with Gasteiger partial charge < -0.3 is 4.74 Å².